The van der Waals surface area contributed by atoms with Gasteiger partial charge in [0.1, 0.15) is 5.82 Å². The van der Waals surface area contributed by atoms with Crippen molar-refractivity contribution in [2.75, 3.05) is 7.11 Å². The van der Waals surface area contributed by atoms with Crippen molar-refractivity contribution in [3.05, 3.63) is 63.0 Å². The predicted molar refractivity (Wildman–Crippen MR) is 127 cm³/mol. The number of carbonyl (C=O) groups excluding carboxylic acids is 2. The van der Waals surface area contributed by atoms with E-state index in [4.69, 9.17) is 16.3 Å². The van der Waals surface area contributed by atoms with E-state index in [1.54, 1.807) is 35.1 Å². The standard InChI is InChI=1S/C25H23BrClFN2O3/c1-33-24(32)17-10-25(11-17)8-14(9-25)4-22(31)20-7-19(27)5-16-12-29-30(23(16)20)13-15-2-3-18(26)6-21(15)28/h2-3,5-7,12,14,17H,4,8-11,13H2,1H3. The van der Waals surface area contributed by atoms with E-state index in [2.05, 4.69) is 21.0 Å². The quantitative estimate of drug-likeness (QED) is 0.280. The number of hydrogen-bond donors (Lipinski definition) is 0. The molecule has 0 unspecified atom stereocenters. The van der Waals surface area contributed by atoms with Crippen LogP contribution in [-0.2, 0) is 16.1 Å². The van der Waals surface area contributed by atoms with Crippen molar-refractivity contribution in [1.82, 2.24) is 9.78 Å². The lowest BCUT2D eigenvalue weighted by molar-refractivity contribution is -0.161. The molecule has 5 nitrogen and oxygen atoms in total. The van der Waals surface area contributed by atoms with Crippen molar-refractivity contribution in [2.24, 2.45) is 17.3 Å². The van der Waals surface area contributed by atoms with Crippen LogP contribution in [0.3, 0.4) is 0 Å². The molecule has 2 aromatic carbocycles. The molecule has 0 atom stereocenters. The minimum Gasteiger partial charge on any atom is -0.469 e. The Labute approximate surface area is 204 Å². The minimum absolute atomic E-state index is 0.00700. The summed E-state index contributed by atoms with van der Waals surface area (Å²) in [4.78, 5) is 25.0. The van der Waals surface area contributed by atoms with E-state index >= 15 is 0 Å². The van der Waals surface area contributed by atoms with E-state index in [1.807, 2.05) is 0 Å². The Balaban J connectivity index is 1.33. The van der Waals surface area contributed by atoms with Gasteiger partial charge in [-0.2, -0.15) is 5.10 Å². The Hall–Kier alpha value is -2.25. The number of hydrogen-bond acceptors (Lipinski definition) is 4. The van der Waals surface area contributed by atoms with E-state index in [9.17, 15) is 14.0 Å². The maximum atomic E-state index is 14.4. The van der Waals surface area contributed by atoms with Crippen LogP contribution < -0.4 is 0 Å². The monoisotopic (exact) mass is 532 g/mol. The van der Waals surface area contributed by atoms with Gasteiger partial charge in [-0.05, 0) is 61.3 Å². The van der Waals surface area contributed by atoms with Gasteiger partial charge in [-0.25, -0.2) is 4.39 Å². The average Bonchev–Trinajstić information content (AvgIpc) is 3.11. The van der Waals surface area contributed by atoms with Crippen LogP contribution in [-0.4, -0.2) is 28.6 Å². The van der Waals surface area contributed by atoms with Crippen LogP contribution in [0.2, 0.25) is 5.02 Å². The first-order valence-corrected chi connectivity index (χ1v) is 12.1. The molecule has 33 heavy (non-hydrogen) atoms. The highest BCUT2D eigenvalue weighted by Gasteiger charge is 2.55. The highest BCUT2D eigenvalue weighted by molar-refractivity contribution is 9.10. The summed E-state index contributed by atoms with van der Waals surface area (Å²) in [6, 6.07) is 8.37. The van der Waals surface area contributed by atoms with E-state index in [1.165, 1.54) is 13.2 Å². The smallest absolute Gasteiger partial charge is 0.308 e. The number of esters is 1. The second-order valence-electron chi connectivity index (χ2n) is 9.46. The molecule has 3 aromatic rings. The Bertz CT molecular complexity index is 1260. The molecule has 0 aliphatic heterocycles. The van der Waals surface area contributed by atoms with Crippen LogP contribution >= 0.6 is 27.5 Å². The molecule has 172 valence electrons. The molecule has 0 saturated heterocycles. The van der Waals surface area contributed by atoms with Gasteiger partial charge in [0.25, 0.3) is 0 Å². The summed E-state index contributed by atoms with van der Waals surface area (Å²) >= 11 is 9.58. The molecule has 1 spiro atoms. The van der Waals surface area contributed by atoms with Crippen molar-refractivity contribution in [3.8, 4) is 0 Å². The van der Waals surface area contributed by atoms with Crippen molar-refractivity contribution in [1.29, 1.82) is 0 Å². The van der Waals surface area contributed by atoms with Gasteiger partial charge in [-0.1, -0.05) is 33.6 Å². The van der Waals surface area contributed by atoms with Crippen molar-refractivity contribution in [3.63, 3.8) is 0 Å². The molecule has 2 aliphatic rings. The fraction of sp³-hybridized carbons (Fsp3) is 0.400. The van der Waals surface area contributed by atoms with Crippen molar-refractivity contribution < 1.29 is 18.7 Å². The summed E-state index contributed by atoms with van der Waals surface area (Å²) in [7, 11) is 1.43. The molecule has 1 heterocycles. The third-order valence-electron chi connectivity index (χ3n) is 7.14. The van der Waals surface area contributed by atoms with Crippen LogP contribution in [0.4, 0.5) is 4.39 Å². The number of benzene rings is 2. The van der Waals surface area contributed by atoms with Crippen molar-refractivity contribution in [2.45, 2.75) is 38.6 Å². The van der Waals surface area contributed by atoms with Gasteiger partial charge in [0.2, 0.25) is 0 Å². The Morgan fingerprint density at radius 3 is 2.70 bits per heavy atom. The normalized spacial score (nSPS) is 23.9. The maximum absolute atomic E-state index is 14.4. The number of ether oxygens (including phenoxy) is 1. The number of methoxy groups -OCH3 is 1. The largest absolute Gasteiger partial charge is 0.469 e. The first-order chi connectivity index (χ1) is 15.8. The zero-order chi connectivity index (χ0) is 23.3. The summed E-state index contributed by atoms with van der Waals surface area (Å²) in [5.41, 5.74) is 1.89. The van der Waals surface area contributed by atoms with Crippen LogP contribution in [0.5, 0.6) is 0 Å². The Morgan fingerprint density at radius 1 is 1.24 bits per heavy atom. The van der Waals surface area contributed by atoms with E-state index in [0.717, 1.165) is 31.1 Å². The van der Waals surface area contributed by atoms with Gasteiger partial charge in [-0.3, -0.25) is 14.3 Å². The molecule has 2 aliphatic carbocycles. The molecular formula is C25H23BrClFN2O3. The number of rotatable bonds is 6. The molecule has 1 aromatic heterocycles. The summed E-state index contributed by atoms with van der Waals surface area (Å²) in [6.07, 6.45) is 5.72. The zero-order valence-electron chi connectivity index (χ0n) is 18.1. The highest BCUT2D eigenvalue weighted by Crippen LogP contribution is 2.62. The van der Waals surface area contributed by atoms with E-state index in [-0.39, 0.29) is 35.4 Å². The van der Waals surface area contributed by atoms with Gasteiger partial charge in [0.15, 0.2) is 5.78 Å². The summed E-state index contributed by atoms with van der Waals surface area (Å²) in [5.74, 6) is -0.139. The molecule has 0 radical (unpaired) electrons. The fourth-order valence-electron chi connectivity index (χ4n) is 5.67. The van der Waals surface area contributed by atoms with Gasteiger partial charge < -0.3 is 4.74 Å². The van der Waals surface area contributed by atoms with Gasteiger partial charge >= 0.3 is 5.97 Å². The number of fused-ring (bicyclic) bond motifs is 1. The predicted octanol–water partition coefficient (Wildman–Crippen LogP) is 6.19. The summed E-state index contributed by atoms with van der Waals surface area (Å²) in [6.45, 7) is 0.214. The number of carbonyl (C=O) groups is 2. The van der Waals surface area contributed by atoms with E-state index < -0.39 is 0 Å². The first kappa shape index (κ1) is 22.5. The number of ketones is 1. The second kappa shape index (κ2) is 8.51. The van der Waals surface area contributed by atoms with Crippen LogP contribution in [0.15, 0.2) is 41.0 Å². The van der Waals surface area contributed by atoms with Crippen molar-refractivity contribution >= 4 is 50.2 Å². The molecule has 2 fully saturated rings. The molecule has 0 amide bonds. The Kier molecular flexibility index (Phi) is 5.81. The lowest BCUT2D eigenvalue weighted by Gasteiger charge is -2.57. The number of nitrogens with zero attached hydrogens (tertiary/aromatic N) is 2. The number of halogens is 3. The summed E-state index contributed by atoms with van der Waals surface area (Å²) < 4.78 is 21.6. The summed E-state index contributed by atoms with van der Waals surface area (Å²) in [5, 5.41) is 5.65. The van der Waals surface area contributed by atoms with Gasteiger partial charge in [0.05, 0.1) is 31.3 Å². The Morgan fingerprint density at radius 2 is 2.00 bits per heavy atom. The molecule has 5 rings (SSSR count). The zero-order valence-corrected chi connectivity index (χ0v) is 20.5. The third-order valence-corrected chi connectivity index (χ3v) is 7.86. The van der Waals surface area contributed by atoms with Crippen LogP contribution in [0, 0.1) is 23.1 Å². The number of aromatic nitrogens is 2. The van der Waals surface area contributed by atoms with Gasteiger partial charge in [0, 0.05) is 32.4 Å². The molecule has 8 heteroatoms. The third kappa shape index (κ3) is 4.21. The van der Waals surface area contributed by atoms with Gasteiger partial charge in [-0.15, -0.1) is 0 Å². The minimum atomic E-state index is -0.333. The molecule has 2 saturated carbocycles. The van der Waals surface area contributed by atoms with Crippen LogP contribution in [0.1, 0.15) is 48.0 Å². The molecular weight excluding hydrogens is 511 g/mol. The lowest BCUT2D eigenvalue weighted by atomic mass is 9.47. The first-order valence-electron chi connectivity index (χ1n) is 11.0. The van der Waals surface area contributed by atoms with E-state index in [0.29, 0.717) is 38.5 Å². The average molecular weight is 534 g/mol. The molecule has 0 N–H and O–H groups in total. The topological polar surface area (TPSA) is 61.2 Å². The highest BCUT2D eigenvalue weighted by atomic mass is 79.9. The maximum Gasteiger partial charge on any atom is 0.308 e. The SMILES string of the molecule is COC(=O)C1CC2(CC(CC(=O)c3cc(Cl)cc4cnn(Cc5ccc(Br)cc5F)c34)C2)C1. The second-order valence-corrected chi connectivity index (χ2v) is 10.8. The molecule has 0 bridgehead atoms. The fourth-order valence-corrected chi connectivity index (χ4v) is 6.23. The number of Topliss-reactive ketones (excluding diaryl/α,β-unsaturated/α-hetero) is 1. The lowest BCUT2D eigenvalue weighted by Crippen LogP contribution is -2.50. The van der Waals surface area contributed by atoms with Crippen LogP contribution in [0.25, 0.3) is 10.9 Å².